The molecule has 0 unspecified atom stereocenters. The van der Waals surface area contributed by atoms with Crippen molar-refractivity contribution in [3.63, 3.8) is 0 Å². The molecule has 0 spiro atoms. The third kappa shape index (κ3) is 5.10. The van der Waals surface area contributed by atoms with Gasteiger partial charge in [0.05, 0.1) is 43.2 Å². The number of nitrogens with zero attached hydrogens (tertiary/aromatic N) is 2. The fourth-order valence-electron chi connectivity index (χ4n) is 2.89. The Morgan fingerprint density at radius 1 is 1.21 bits per heavy atom. The Morgan fingerprint density at radius 3 is 2.61 bits per heavy atom. The normalized spacial score (nSPS) is 11.4. The van der Waals surface area contributed by atoms with Crippen molar-refractivity contribution >= 4 is 44.4 Å². The van der Waals surface area contributed by atoms with E-state index in [1.165, 1.54) is 34.4 Å². The second-order valence-corrected chi connectivity index (χ2v) is 9.23. The second kappa shape index (κ2) is 9.03. The minimum absolute atomic E-state index is 0.0176. The largest absolute Gasteiger partial charge is 0.338 e. The minimum Gasteiger partial charge on any atom is -0.338 e. The van der Waals surface area contributed by atoms with Crippen LogP contribution < -0.4 is 9.80 Å². The highest BCUT2D eigenvalue weighted by Crippen LogP contribution is 2.32. The number of nitrogens with one attached hydrogen (secondary N) is 1. The minimum atomic E-state index is -0.272. The summed E-state index contributed by atoms with van der Waals surface area (Å²) < 4.78 is 14.2. The number of rotatable bonds is 7. The zero-order valence-electron chi connectivity index (χ0n) is 16.6. The highest BCUT2D eigenvalue weighted by atomic mass is 32.2. The summed E-state index contributed by atoms with van der Waals surface area (Å²) >= 11 is 2.98. The van der Waals surface area contributed by atoms with Crippen molar-refractivity contribution in [1.29, 1.82) is 0 Å². The fraction of sp³-hybridized carbons (Fsp3) is 0.333. The van der Waals surface area contributed by atoms with Crippen molar-refractivity contribution in [3.05, 3.63) is 53.3 Å². The number of thioether (sulfide) groups is 1. The van der Waals surface area contributed by atoms with Gasteiger partial charge in [-0.15, -0.1) is 11.8 Å². The molecule has 3 aromatic rings. The van der Waals surface area contributed by atoms with Gasteiger partial charge in [-0.2, -0.15) is 0 Å². The summed E-state index contributed by atoms with van der Waals surface area (Å²) in [6, 6.07) is 10.5. The third-order valence-electron chi connectivity index (χ3n) is 4.36. The summed E-state index contributed by atoms with van der Waals surface area (Å²) in [6.45, 7) is 5.58. The molecule has 0 fully saturated rings. The lowest BCUT2D eigenvalue weighted by atomic mass is 10.1. The number of likely N-dealkylation sites (N-methyl/N-ethyl adjacent to an activating group) is 1. The summed E-state index contributed by atoms with van der Waals surface area (Å²) in [6.07, 6.45) is 0. The van der Waals surface area contributed by atoms with E-state index >= 15 is 0 Å². The van der Waals surface area contributed by atoms with Crippen LogP contribution in [0.15, 0.2) is 41.3 Å². The number of fused-ring (bicyclic) bond motifs is 1. The van der Waals surface area contributed by atoms with Crippen molar-refractivity contribution < 1.29 is 14.1 Å². The van der Waals surface area contributed by atoms with Gasteiger partial charge >= 0.3 is 0 Å². The van der Waals surface area contributed by atoms with Crippen LogP contribution in [0.5, 0.6) is 0 Å². The molecule has 1 aromatic heterocycles. The number of carbonyl (C=O) groups excluding carboxylic acids is 1. The Morgan fingerprint density at radius 2 is 1.93 bits per heavy atom. The maximum atomic E-state index is 13.1. The van der Waals surface area contributed by atoms with Crippen LogP contribution in [0.25, 0.3) is 10.2 Å². The lowest BCUT2D eigenvalue weighted by Gasteiger charge is -2.20. The molecule has 0 aliphatic rings. The van der Waals surface area contributed by atoms with E-state index in [-0.39, 0.29) is 11.7 Å². The molecule has 3 rings (SSSR count). The number of halogens is 1. The van der Waals surface area contributed by atoms with Crippen molar-refractivity contribution in [1.82, 2.24) is 4.98 Å². The number of carbonyl (C=O) groups is 1. The first kappa shape index (κ1) is 20.8. The summed E-state index contributed by atoms with van der Waals surface area (Å²) in [4.78, 5) is 21.7. The molecule has 1 amide bonds. The molecule has 148 valence electrons. The molecule has 0 bridgehead atoms. The molecule has 28 heavy (non-hydrogen) atoms. The van der Waals surface area contributed by atoms with E-state index in [4.69, 9.17) is 4.98 Å². The number of benzene rings is 2. The van der Waals surface area contributed by atoms with Crippen LogP contribution in [0, 0.1) is 19.7 Å². The van der Waals surface area contributed by atoms with Gasteiger partial charge in [-0.25, -0.2) is 9.37 Å². The number of quaternary nitrogens is 1. The average molecular weight is 419 g/mol. The van der Waals surface area contributed by atoms with Gasteiger partial charge in [-0.3, -0.25) is 9.69 Å². The van der Waals surface area contributed by atoms with Gasteiger partial charge in [0, 0.05) is 4.90 Å². The molecule has 0 aliphatic heterocycles. The number of amides is 1. The second-order valence-electron chi connectivity index (χ2n) is 7.17. The molecular formula is C21H25FN3OS2+. The average Bonchev–Trinajstić information content (AvgIpc) is 3.05. The van der Waals surface area contributed by atoms with E-state index in [2.05, 4.69) is 40.1 Å². The lowest BCUT2D eigenvalue weighted by molar-refractivity contribution is -0.856. The number of hydrogen-bond donors (Lipinski definition) is 1. The molecule has 1 N–H and O–H groups in total. The molecule has 0 radical (unpaired) electrons. The number of hydrogen-bond acceptors (Lipinski definition) is 4. The topological polar surface area (TPSA) is 37.6 Å². The standard InChI is InChI=1S/C21H24FN3OS2/c1-14-11-15(2)20-18(12-14)28-21(23-20)25(10-9-24(3)4)19(26)13-27-17-7-5-16(22)6-8-17/h5-8,11-12H,9-10,13H2,1-4H3/p+1. The maximum Gasteiger partial charge on any atom is 0.239 e. The number of aromatic nitrogens is 1. The highest BCUT2D eigenvalue weighted by molar-refractivity contribution is 8.00. The van der Waals surface area contributed by atoms with Gasteiger partial charge in [0.2, 0.25) is 5.91 Å². The molecule has 2 aromatic carbocycles. The maximum absolute atomic E-state index is 13.1. The fourth-order valence-corrected chi connectivity index (χ4v) is 4.85. The first-order valence-corrected chi connectivity index (χ1v) is 11.0. The van der Waals surface area contributed by atoms with Crippen molar-refractivity contribution in [3.8, 4) is 0 Å². The molecule has 7 heteroatoms. The quantitative estimate of drug-likeness (QED) is 0.598. The van der Waals surface area contributed by atoms with E-state index < -0.39 is 0 Å². The number of aryl methyl sites for hydroxylation is 2. The smallest absolute Gasteiger partial charge is 0.239 e. The van der Waals surface area contributed by atoms with E-state index in [9.17, 15) is 9.18 Å². The van der Waals surface area contributed by atoms with Crippen LogP contribution >= 0.6 is 23.1 Å². The van der Waals surface area contributed by atoms with Gasteiger partial charge in [0.1, 0.15) is 5.82 Å². The zero-order valence-corrected chi connectivity index (χ0v) is 18.2. The van der Waals surface area contributed by atoms with E-state index in [1.54, 1.807) is 28.4 Å². The first-order valence-electron chi connectivity index (χ1n) is 9.19. The summed E-state index contributed by atoms with van der Waals surface area (Å²) in [5.74, 6) is 0.0397. The first-order chi connectivity index (χ1) is 13.3. The molecule has 0 saturated carbocycles. The van der Waals surface area contributed by atoms with Crippen LogP contribution in [0.2, 0.25) is 0 Å². The number of thiazole rings is 1. The molecule has 4 nitrogen and oxygen atoms in total. The Hall–Kier alpha value is -1.96. The Labute approximate surface area is 173 Å². The van der Waals surface area contributed by atoms with Crippen LogP contribution in [0.4, 0.5) is 9.52 Å². The van der Waals surface area contributed by atoms with Gasteiger partial charge in [0.15, 0.2) is 5.13 Å². The Balaban J connectivity index is 1.82. The van der Waals surface area contributed by atoms with E-state index in [0.29, 0.717) is 12.3 Å². The van der Waals surface area contributed by atoms with Crippen molar-refractivity contribution in [2.75, 3.05) is 37.8 Å². The molecule has 0 saturated heterocycles. The SMILES string of the molecule is Cc1cc(C)c2nc(N(CC[NH+](C)C)C(=O)CSc3ccc(F)cc3)sc2c1. The van der Waals surface area contributed by atoms with E-state index in [1.807, 2.05) is 0 Å². The highest BCUT2D eigenvalue weighted by Gasteiger charge is 2.21. The van der Waals surface area contributed by atoms with Crippen molar-refractivity contribution in [2.45, 2.75) is 18.7 Å². The van der Waals surface area contributed by atoms with Gasteiger partial charge in [0.25, 0.3) is 0 Å². The Bertz CT molecular complexity index is 970. The predicted octanol–water partition coefficient (Wildman–Crippen LogP) is 3.32. The molecule has 1 heterocycles. The monoisotopic (exact) mass is 418 g/mol. The van der Waals surface area contributed by atoms with Crippen LogP contribution in [-0.4, -0.2) is 43.8 Å². The molecule has 0 atom stereocenters. The lowest BCUT2D eigenvalue weighted by Crippen LogP contribution is -3.06. The van der Waals surface area contributed by atoms with Crippen LogP contribution in [0.3, 0.4) is 0 Å². The van der Waals surface area contributed by atoms with Gasteiger partial charge in [-0.05, 0) is 55.3 Å². The number of anilines is 1. The summed E-state index contributed by atoms with van der Waals surface area (Å²) in [5.41, 5.74) is 3.29. The summed E-state index contributed by atoms with van der Waals surface area (Å²) in [5, 5.41) is 0.745. The zero-order chi connectivity index (χ0) is 20.3. The van der Waals surface area contributed by atoms with Crippen LogP contribution in [-0.2, 0) is 4.79 Å². The predicted molar refractivity (Wildman–Crippen MR) is 116 cm³/mol. The molecule has 0 aliphatic carbocycles. The van der Waals surface area contributed by atoms with Crippen molar-refractivity contribution in [2.24, 2.45) is 0 Å². The van der Waals surface area contributed by atoms with Gasteiger partial charge in [-0.1, -0.05) is 17.4 Å². The Kier molecular flexibility index (Phi) is 6.69. The van der Waals surface area contributed by atoms with Gasteiger partial charge < -0.3 is 4.90 Å². The molecular weight excluding hydrogens is 393 g/mol. The van der Waals surface area contributed by atoms with Crippen LogP contribution in [0.1, 0.15) is 11.1 Å². The van der Waals surface area contributed by atoms with E-state index in [0.717, 1.165) is 32.4 Å². The summed E-state index contributed by atoms with van der Waals surface area (Å²) in [7, 11) is 4.14. The third-order valence-corrected chi connectivity index (χ3v) is 6.38.